The number of carbonyl (C=O) groups excluding carboxylic acids is 1. The van der Waals surface area contributed by atoms with Crippen LogP contribution in [0.1, 0.15) is 18.4 Å². The van der Waals surface area contributed by atoms with Crippen LogP contribution in [-0.2, 0) is 26.0 Å². The van der Waals surface area contributed by atoms with Crippen molar-refractivity contribution in [1.82, 2.24) is 4.72 Å². The molecule has 28 heavy (non-hydrogen) atoms. The Kier molecular flexibility index (Phi) is 6.66. The Balaban J connectivity index is 1.54. The highest BCUT2D eigenvalue weighted by atomic mass is 32.2. The smallest absolute Gasteiger partial charge is 0.240 e. The molecule has 150 valence electrons. The normalized spacial score (nSPS) is 16.7. The fourth-order valence-corrected chi connectivity index (χ4v) is 4.01. The highest BCUT2D eigenvalue weighted by Crippen LogP contribution is 2.17. The third kappa shape index (κ3) is 5.54. The van der Waals surface area contributed by atoms with E-state index in [-0.39, 0.29) is 29.9 Å². The number of rotatable bonds is 8. The molecule has 1 fully saturated rings. The highest BCUT2D eigenvalue weighted by molar-refractivity contribution is 7.89. The van der Waals surface area contributed by atoms with Crippen LogP contribution >= 0.6 is 0 Å². The van der Waals surface area contributed by atoms with Crippen LogP contribution in [0.4, 0.5) is 5.69 Å². The van der Waals surface area contributed by atoms with Crippen LogP contribution in [0.2, 0.25) is 0 Å². The second kappa shape index (κ2) is 9.18. The molecule has 2 aromatic carbocycles. The van der Waals surface area contributed by atoms with Gasteiger partial charge in [0.05, 0.1) is 24.5 Å². The molecule has 0 radical (unpaired) electrons. The van der Waals surface area contributed by atoms with Gasteiger partial charge < -0.3 is 14.8 Å². The summed E-state index contributed by atoms with van der Waals surface area (Å²) in [5.41, 5.74) is 1.40. The summed E-state index contributed by atoms with van der Waals surface area (Å²) in [4.78, 5) is 12.3. The number of ether oxygens (including phenoxy) is 2. The molecule has 1 amide bonds. The Hall–Kier alpha value is -2.42. The maximum atomic E-state index is 12.4. The minimum Gasteiger partial charge on any atom is -0.497 e. The topological polar surface area (TPSA) is 93.7 Å². The van der Waals surface area contributed by atoms with Crippen molar-refractivity contribution < 1.29 is 22.7 Å². The SMILES string of the molecule is COc1ccc(CC(=O)Nc2ccc(S(=O)(=O)NC[C@H]3CCCO3)cc2)cc1. The maximum Gasteiger partial charge on any atom is 0.240 e. The first-order valence-corrected chi connectivity index (χ1v) is 10.6. The van der Waals surface area contributed by atoms with Gasteiger partial charge in [-0.1, -0.05) is 12.1 Å². The van der Waals surface area contributed by atoms with Crippen molar-refractivity contribution in [3.8, 4) is 5.75 Å². The number of benzene rings is 2. The second-order valence-electron chi connectivity index (χ2n) is 6.58. The van der Waals surface area contributed by atoms with Gasteiger partial charge in [-0.3, -0.25) is 4.79 Å². The molecule has 8 heteroatoms. The number of anilines is 1. The summed E-state index contributed by atoms with van der Waals surface area (Å²) in [5.74, 6) is 0.548. The van der Waals surface area contributed by atoms with Gasteiger partial charge >= 0.3 is 0 Å². The molecule has 1 heterocycles. The number of nitrogens with one attached hydrogen (secondary N) is 2. The van der Waals surface area contributed by atoms with Crippen LogP contribution in [-0.4, -0.2) is 40.7 Å². The van der Waals surface area contributed by atoms with Crippen molar-refractivity contribution in [3.63, 3.8) is 0 Å². The lowest BCUT2D eigenvalue weighted by atomic mass is 10.1. The number of sulfonamides is 1. The summed E-state index contributed by atoms with van der Waals surface area (Å²) >= 11 is 0. The minimum atomic E-state index is -3.60. The number of amides is 1. The third-order valence-corrected chi connectivity index (χ3v) is 5.94. The van der Waals surface area contributed by atoms with Gasteiger partial charge in [-0.25, -0.2) is 13.1 Å². The zero-order valence-corrected chi connectivity index (χ0v) is 16.5. The Morgan fingerprint density at radius 3 is 2.46 bits per heavy atom. The van der Waals surface area contributed by atoms with E-state index in [0.717, 1.165) is 24.2 Å². The van der Waals surface area contributed by atoms with Crippen molar-refractivity contribution in [2.75, 3.05) is 25.6 Å². The minimum absolute atomic E-state index is 0.0636. The van der Waals surface area contributed by atoms with Crippen LogP contribution < -0.4 is 14.8 Å². The van der Waals surface area contributed by atoms with Gasteiger partial charge in [-0.15, -0.1) is 0 Å². The lowest BCUT2D eigenvalue weighted by molar-refractivity contribution is -0.115. The molecule has 0 spiro atoms. The van der Waals surface area contributed by atoms with E-state index in [9.17, 15) is 13.2 Å². The molecule has 1 atom stereocenters. The molecule has 0 unspecified atom stereocenters. The number of hydrogen-bond acceptors (Lipinski definition) is 5. The van der Waals surface area contributed by atoms with E-state index in [1.54, 1.807) is 31.4 Å². The van der Waals surface area contributed by atoms with Gasteiger partial charge in [-0.2, -0.15) is 0 Å². The molecule has 0 bridgehead atoms. The van der Waals surface area contributed by atoms with Crippen LogP contribution in [0.25, 0.3) is 0 Å². The first kappa shape index (κ1) is 20.3. The lowest BCUT2D eigenvalue weighted by Gasteiger charge is -2.12. The summed E-state index contributed by atoms with van der Waals surface area (Å²) in [6.07, 6.45) is 1.97. The van der Waals surface area contributed by atoms with Crippen molar-refractivity contribution in [2.24, 2.45) is 0 Å². The summed E-state index contributed by atoms with van der Waals surface area (Å²) in [6, 6.07) is 13.3. The summed E-state index contributed by atoms with van der Waals surface area (Å²) < 4.78 is 37.8. The van der Waals surface area contributed by atoms with Crippen LogP contribution in [0, 0.1) is 0 Å². The predicted molar refractivity (Wildman–Crippen MR) is 106 cm³/mol. The van der Waals surface area contributed by atoms with Gasteiger partial charge in [0, 0.05) is 18.8 Å². The lowest BCUT2D eigenvalue weighted by Crippen LogP contribution is -2.31. The Morgan fingerprint density at radius 2 is 1.86 bits per heavy atom. The molecule has 1 aliphatic heterocycles. The Bertz CT molecular complexity index is 889. The van der Waals surface area contributed by atoms with Crippen molar-refractivity contribution in [1.29, 1.82) is 0 Å². The number of hydrogen-bond donors (Lipinski definition) is 2. The van der Waals surface area contributed by atoms with Crippen LogP contribution in [0.3, 0.4) is 0 Å². The van der Waals surface area contributed by atoms with Crippen LogP contribution in [0.5, 0.6) is 5.75 Å². The molecule has 0 aliphatic carbocycles. The Morgan fingerprint density at radius 1 is 1.14 bits per heavy atom. The molecular weight excluding hydrogens is 380 g/mol. The number of carbonyl (C=O) groups is 1. The quantitative estimate of drug-likeness (QED) is 0.704. The molecule has 1 saturated heterocycles. The summed E-state index contributed by atoms with van der Waals surface area (Å²) in [7, 11) is -2.02. The van der Waals surface area contributed by atoms with Gasteiger partial charge in [-0.05, 0) is 54.8 Å². The molecule has 0 aromatic heterocycles. The van der Waals surface area contributed by atoms with E-state index < -0.39 is 10.0 Å². The highest BCUT2D eigenvalue weighted by Gasteiger charge is 2.20. The summed E-state index contributed by atoms with van der Waals surface area (Å²) in [5, 5.41) is 2.77. The first-order valence-electron chi connectivity index (χ1n) is 9.10. The standard InChI is InChI=1S/C20H24N2O5S/c1-26-17-8-4-15(5-9-17)13-20(23)22-16-6-10-19(11-7-16)28(24,25)21-14-18-3-2-12-27-18/h4-11,18,21H,2-3,12-14H2,1H3,(H,22,23)/t18-/m1/s1. The average Bonchev–Trinajstić information content (AvgIpc) is 3.21. The van der Waals surface area contributed by atoms with Crippen molar-refractivity contribution in [2.45, 2.75) is 30.3 Å². The van der Waals surface area contributed by atoms with Crippen molar-refractivity contribution >= 4 is 21.6 Å². The van der Waals surface area contributed by atoms with Gasteiger partial charge in [0.25, 0.3) is 0 Å². The molecule has 2 N–H and O–H groups in total. The van der Waals surface area contributed by atoms with E-state index in [0.29, 0.717) is 12.3 Å². The molecule has 7 nitrogen and oxygen atoms in total. The molecule has 1 aliphatic rings. The predicted octanol–water partition coefficient (Wildman–Crippen LogP) is 2.33. The van der Waals surface area contributed by atoms with E-state index >= 15 is 0 Å². The third-order valence-electron chi connectivity index (χ3n) is 4.50. The van der Waals surface area contributed by atoms with E-state index in [1.165, 1.54) is 12.1 Å². The monoisotopic (exact) mass is 404 g/mol. The van der Waals surface area contributed by atoms with Crippen LogP contribution in [0.15, 0.2) is 53.4 Å². The fourth-order valence-electron chi connectivity index (χ4n) is 2.94. The molecular formula is C20H24N2O5S. The van der Waals surface area contributed by atoms with E-state index in [4.69, 9.17) is 9.47 Å². The number of methoxy groups -OCH3 is 1. The first-order chi connectivity index (χ1) is 13.5. The van der Waals surface area contributed by atoms with E-state index in [1.807, 2.05) is 12.1 Å². The van der Waals surface area contributed by atoms with E-state index in [2.05, 4.69) is 10.0 Å². The molecule has 3 rings (SSSR count). The molecule has 2 aromatic rings. The Labute approximate surface area is 165 Å². The summed E-state index contributed by atoms with van der Waals surface area (Å²) in [6.45, 7) is 0.944. The molecule has 0 saturated carbocycles. The van der Waals surface area contributed by atoms with Gasteiger partial charge in [0.15, 0.2) is 0 Å². The zero-order valence-electron chi connectivity index (χ0n) is 15.7. The van der Waals surface area contributed by atoms with Gasteiger partial charge in [0.2, 0.25) is 15.9 Å². The van der Waals surface area contributed by atoms with Gasteiger partial charge in [0.1, 0.15) is 5.75 Å². The largest absolute Gasteiger partial charge is 0.497 e. The zero-order chi connectivity index (χ0) is 20.0. The fraction of sp³-hybridized carbons (Fsp3) is 0.350. The van der Waals surface area contributed by atoms with Crippen molar-refractivity contribution in [3.05, 3.63) is 54.1 Å². The average molecular weight is 404 g/mol. The second-order valence-corrected chi connectivity index (χ2v) is 8.35. The maximum absolute atomic E-state index is 12.4.